The van der Waals surface area contributed by atoms with Crippen molar-refractivity contribution in [2.24, 2.45) is 5.92 Å². The maximum atomic E-state index is 14.6. The van der Waals surface area contributed by atoms with E-state index >= 15 is 0 Å². The highest BCUT2D eigenvalue weighted by Gasteiger charge is 2.48. The third-order valence-corrected chi connectivity index (χ3v) is 10.3. The summed E-state index contributed by atoms with van der Waals surface area (Å²) in [6.45, 7) is 5.35. The number of amides is 2. The molecule has 44 heavy (non-hydrogen) atoms. The molecule has 8 heteroatoms. The minimum Gasteiger partial charge on any atom is -0.436 e. The Hall–Kier alpha value is -3.65. The van der Waals surface area contributed by atoms with Gasteiger partial charge in [0.15, 0.2) is 5.60 Å². The predicted molar refractivity (Wildman–Crippen MR) is 173 cm³/mol. The van der Waals surface area contributed by atoms with Crippen LogP contribution in [0.15, 0.2) is 54.9 Å². The van der Waals surface area contributed by atoms with Crippen molar-refractivity contribution in [1.29, 1.82) is 0 Å². The molecule has 3 aromatic rings. The maximum Gasteiger partial charge on any atom is 0.415 e. The molecule has 0 bridgehead atoms. The van der Waals surface area contributed by atoms with Gasteiger partial charge in [0.1, 0.15) is 0 Å². The zero-order valence-electron chi connectivity index (χ0n) is 26.1. The lowest BCUT2D eigenvalue weighted by atomic mass is 9.73. The van der Waals surface area contributed by atoms with E-state index in [1.807, 2.05) is 40.9 Å². The first-order valence-electron chi connectivity index (χ1n) is 16.7. The van der Waals surface area contributed by atoms with Gasteiger partial charge >= 0.3 is 6.09 Å². The largest absolute Gasteiger partial charge is 0.436 e. The highest BCUT2D eigenvalue weighted by molar-refractivity contribution is 6.03. The molecular formula is C36H45N5O3. The fraction of sp³-hybridized carbons (Fsp3) is 0.528. The normalized spacial score (nSPS) is 24.5. The number of aromatic nitrogens is 2. The predicted octanol–water partition coefficient (Wildman–Crippen LogP) is 7.33. The van der Waals surface area contributed by atoms with Crippen LogP contribution in [0.4, 0.5) is 16.2 Å². The molecule has 1 aromatic heterocycles. The van der Waals surface area contributed by atoms with Crippen molar-refractivity contribution in [2.45, 2.75) is 102 Å². The van der Waals surface area contributed by atoms with Crippen molar-refractivity contribution >= 4 is 23.4 Å². The number of nitrogens with zero attached hydrogens (tertiary/aromatic N) is 4. The standard InChI is InChI=1S/C36H45N5O3/c1-25-22-39(34-19-27(15-18-33(34)41(25)26(2)42)29-21-38-40(23-29)31-16-17-31)35(43)44-36(30-12-7-5-3-4-6-8-13-30)24-37-20-28-11-9-10-14-32(28)36/h9-11,14-15,18-19,21,23,25,30-31,37H,3-8,12-13,16-17,20,22,24H2,1-2H3/t25-,36?/m0/s1. The molecule has 2 aliphatic carbocycles. The van der Waals surface area contributed by atoms with Crippen LogP contribution in [0.3, 0.4) is 0 Å². The van der Waals surface area contributed by atoms with Crippen LogP contribution in [0.5, 0.6) is 0 Å². The van der Waals surface area contributed by atoms with E-state index < -0.39 is 5.60 Å². The monoisotopic (exact) mass is 595 g/mol. The molecule has 0 spiro atoms. The van der Waals surface area contributed by atoms with Crippen LogP contribution in [-0.2, 0) is 21.7 Å². The number of benzene rings is 2. The van der Waals surface area contributed by atoms with Crippen molar-refractivity contribution in [3.8, 4) is 11.1 Å². The zero-order chi connectivity index (χ0) is 30.3. The first-order valence-corrected chi connectivity index (χ1v) is 16.7. The van der Waals surface area contributed by atoms with Crippen molar-refractivity contribution in [3.05, 3.63) is 66.0 Å². The molecule has 2 fully saturated rings. The van der Waals surface area contributed by atoms with Crippen LogP contribution in [0.25, 0.3) is 11.1 Å². The molecule has 1 unspecified atom stereocenters. The molecular weight excluding hydrogens is 550 g/mol. The summed E-state index contributed by atoms with van der Waals surface area (Å²) in [4.78, 5) is 31.1. The molecule has 3 heterocycles. The second-order valence-corrected chi connectivity index (χ2v) is 13.4. The van der Waals surface area contributed by atoms with Gasteiger partial charge in [-0.25, -0.2) is 4.79 Å². The minimum absolute atomic E-state index is 0.0338. The van der Waals surface area contributed by atoms with Crippen LogP contribution in [0.1, 0.15) is 95.2 Å². The lowest BCUT2D eigenvalue weighted by Gasteiger charge is -2.47. The molecule has 1 N–H and O–H groups in total. The van der Waals surface area contributed by atoms with Gasteiger partial charge in [-0.1, -0.05) is 68.9 Å². The molecule has 4 aliphatic rings. The molecule has 8 nitrogen and oxygen atoms in total. The van der Waals surface area contributed by atoms with Gasteiger partial charge in [0, 0.05) is 49.8 Å². The first kappa shape index (κ1) is 29.1. The molecule has 0 radical (unpaired) electrons. The van der Waals surface area contributed by atoms with Crippen LogP contribution in [0, 0.1) is 5.92 Å². The molecule has 2 aliphatic heterocycles. The van der Waals surface area contributed by atoms with Crippen LogP contribution in [-0.4, -0.2) is 40.9 Å². The molecule has 7 rings (SSSR count). The molecule has 232 valence electrons. The highest BCUT2D eigenvalue weighted by atomic mass is 16.6. The summed E-state index contributed by atoms with van der Waals surface area (Å²) >= 11 is 0. The Morgan fingerprint density at radius 2 is 1.68 bits per heavy atom. The fourth-order valence-electron chi connectivity index (χ4n) is 7.90. The van der Waals surface area contributed by atoms with Crippen LogP contribution in [0.2, 0.25) is 0 Å². The van der Waals surface area contributed by atoms with Gasteiger partial charge < -0.3 is 15.0 Å². The van der Waals surface area contributed by atoms with Gasteiger partial charge in [-0.2, -0.15) is 5.10 Å². The summed E-state index contributed by atoms with van der Waals surface area (Å²) in [6, 6.07) is 14.8. The summed E-state index contributed by atoms with van der Waals surface area (Å²) in [6.07, 6.45) is 15.4. The Labute approximate surface area is 260 Å². The van der Waals surface area contributed by atoms with Crippen LogP contribution >= 0.6 is 0 Å². The Balaban J connectivity index is 1.27. The Morgan fingerprint density at radius 1 is 0.932 bits per heavy atom. The van der Waals surface area contributed by atoms with E-state index in [0.717, 1.165) is 67.4 Å². The number of ether oxygens (including phenoxy) is 1. The Bertz CT molecular complexity index is 1520. The van der Waals surface area contributed by atoms with Crippen molar-refractivity contribution in [2.75, 3.05) is 22.9 Å². The van der Waals surface area contributed by atoms with Gasteiger partial charge in [0.2, 0.25) is 5.91 Å². The van der Waals surface area contributed by atoms with Crippen molar-refractivity contribution in [3.63, 3.8) is 0 Å². The Kier molecular flexibility index (Phi) is 7.95. The average molecular weight is 596 g/mol. The summed E-state index contributed by atoms with van der Waals surface area (Å²) in [5.74, 6) is 0.196. The van der Waals surface area contributed by atoms with E-state index in [1.54, 1.807) is 11.8 Å². The summed E-state index contributed by atoms with van der Waals surface area (Å²) < 4.78 is 8.96. The number of hydrogen-bond acceptors (Lipinski definition) is 5. The maximum absolute atomic E-state index is 14.6. The zero-order valence-corrected chi connectivity index (χ0v) is 26.1. The van der Waals surface area contributed by atoms with E-state index in [4.69, 9.17) is 4.74 Å². The van der Waals surface area contributed by atoms with E-state index in [2.05, 4.69) is 40.9 Å². The SMILES string of the molecule is CC(=O)N1c2ccc(-c3cnn(C4CC4)c3)cc2N(C(=O)OC2(C3CCCCCCCC3)CNCc3ccccc32)C[C@@H]1C. The summed E-state index contributed by atoms with van der Waals surface area (Å²) in [5.41, 5.74) is 5.03. The quantitative estimate of drug-likeness (QED) is 0.342. The molecule has 0 saturated heterocycles. The minimum atomic E-state index is -0.750. The van der Waals surface area contributed by atoms with Gasteiger partial charge in [-0.15, -0.1) is 0 Å². The highest BCUT2D eigenvalue weighted by Crippen LogP contribution is 2.46. The van der Waals surface area contributed by atoms with E-state index in [9.17, 15) is 9.59 Å². The number of nitrogens with one attached hydrogen (secondary N) is 1. The number of anilines is 2. The smallest absolute Gasteiger partial charge is 0.415 e. The van der Waals surface area contributed by atoms with Gasteiger partial charge in [0.25, 0.3) is 0 Å². The topological polar surface area (TPSA) is 79.7 Å². The third kappa shape index (κ3) is 5.42. The molecule has 2 atom stereocenters. The number of rotatable bonds is 4. The number of carbonyl (C=O) groups excluding carboxylic acids is 2. The molecule has 2 saturated carbocycles. The van der Waals surface area contributed by atoms with Gasteiger partial charge in [0.05, 0.1) is 29.7 Å². The first-order chi connectivity index (χ1) is 21.4. The molecule has 2 aromatic carbocycles. The third-order valence-electron chi connectivity index (χ3n) is 10.3. The number of fused-ring (bicyclic) bond motifs is 2. The van der Waals surface area contributed by atoms with E-state index in [-0.39, 0.29) is 24.0 Å². The second-order valence-electron chi connectivity index (χ2n) is 13.4. The fourth-order valence-corrected chi connectivity index (χ4v) is 7.90. The van der Waals surface area contributed by atoms with E-state index in [1.165, 1.54) is 31.2 Å². The van der Waals surface area contributed by atoms with Gasteiger partial charge in [-0.05, 0) is 55.9 Å². The van der Waals surface area contributed by atoms with Gasteiger partial charge in [-0.3, -0.25) is 14.4 Å². The lowest BCUT2D eigenvalue weighted by Crippen LogP contribution is -2.56. The number of carbonyl (C=O) groups is 2. The molecule has 2 amide bonds. The number of hydrogen-bond donors (Lipinski definition) is 1. The van der Waals surface area contributed by atoms with Crippen molar-refractivity contribution < 1.29 is 14.3 Å². The second kappa shape index (κ2) is 12.0. The van der Waals surface area contributed by atoms with Crippen molar-refractivity contribution in [1.82, 2.24) is 15.1 Å². The summed E-state index contributed by atoms with van der Waals surface area (Å²) in [7, 11) is 0. The van der Waals surface area contributed by atoms with Crippen LogP contribution < -0.4 is 15.1 Å². The Morgan fingerprint density at radius 3 is 2.43 bits per heavy atom. The average Bonchev–Trinajstić information content (AvgIpc) is 3.72. The summed E-state index contributed by atoms with van der Waals surface area (Å²) in [5, 5.41) is 8.22. The lowest BCUT2D eigenvalue weighted by molar-refractivity contribution is -0.117. The van der Waals surface area contributed by atoms with E-state index in [0.29, 0.717) is 24.8 Å².